The summed E-state index contributed by atoms with van der Waals surface area (Å²) >= 11 is 3.32. The number of rotatable bonds is 6. The van der Waals surface area contributed by atoms with E-state index in [-0.39, 0.29) is 16.3 Å². The van der Waals surface area contributed by atoms with E-state index in [0.717, 1.165) is 12.1 Å². The molecule has 0 aliphatic heterocycles. The molecule has 0 aliphatic rings. The standard InChI is InChI=1S/C11H15BrFNO3S/c1-14(7-9(12)8-17-2)18(15,16)11-5-3-10(13)4-6-11/h3-6,9H,7-8H2,1-2H3. The maximum absolute atomic E-state index is 12.8. The van der Waals surface area contributed by atoms with Crippen LogP contribution in [0.25, 0.3) is 0 Å². The molecule has 1 rings (SSSR count). The van der Waals surface area contributed by atoms with Gasteiger partial charge in [-0.2, -0.15) is 4.31 Å². The molecule has 0 saturated heterocycles. The number of hydrogen-bond acceptors (Lipinski definition) is 3. The summed E-state index contributed by atoms with van der Waals surface area (Å²) in [4.78, 5) is -0.0220. The van der Waals surface area contributed by atoms with Crippen LogP contribution in [0.3, 0.4) is 0 Å². The van der Waals surface area contributed by atoms with Gasteiger partial charge in [-0.05, 0) is 24.3 Å². The molecule has 18 heavy (non-hydrogen) atoms. The van der Waals surface area contributed by atoms with E-state index in [1.165, 1.54) is 23.5 Å². The molecule has 0 amide bonds. The second-order valence-electron chi connectivity index (χ2n) is 3.79. The van der Waals surface area contributed by atoms with Gasteiger partial charge in [0.25, 0.3) is 0 Å². The zero-order valence-corrected chi connectivity index (χ0v) is 12.5. The van der Waals surface area contributed by atoms with Gasteiger partial charge in [0.2, 0.25) is 10.0 Å². The van der Waals surface area contributed by atoms with Crippen LogP contribution in [0.1, 0.15) is 0 Å². The molecule has 0 aromatic heterocycles. The molecule has 0 saturated carbocycles. The van der Waals surface area contributed by atoms with E-state index in [2.05, 4.69) is 15.9 Å². The molecule has 0 aliphatic carbocycles. The molecule has 0 radical (unpaired) electrons. The smallest absolute Gasteiger partial charge is 0.242 e. The van der Waals surface area contributed by atoms with E-state index in [1.807, 2.05) is 0 Å². The van der Waals surface area contributed by atoms with Crippen LogP contribution in [0.15, 0.2) is 29.2 Å². The molecule has 1 aromatic rings. The lowest BCUT2D eigenvalue weighted by molar-refractivity contribution is 0.195. The first kappa shape index (κ1) is 15.6. The number of methoxy groups -OCH3 is 1. The summed E-state index contributed by atoms with van der Waals surface area (Å²) in [6, 6.07) is 4.75. The topological polar surface area (TPSA) is 46.6 Å². The van der Waals surface area contributed by atoms with Crippen LogP contribution in [-0.2, 0) is 14.8 Å². The Labute approximate surface area is 115 Å². The molecular formula is C11H15BrFNO3S. The lowest BCUT2D eigenvalue weighted by atomic mass is 10.4. The summed E-state index contributed by atoms with van der Waals surface area (Å²) in [7, 11) is -0.569. The van der Waals surface area contributed by atoms with Crippen LogP contribution in [0, 0.1) is 5.82 Å². The minimum atomic E-state index is -3.59. The van der Waals surface area contributed by atoms with Crippen molar-refractivity contribution in [1.82, 2.24) is 4.31 Å². The van der Waals surface area contributed by atoms with Crippen molar-refractivity contribution in [1.29, 1.82) is 0 Å². The lowest BCUT2D eigenvalue weighted by Gasteiger charge is -2.20. The molecule has 0 bridgehead atoms. The second kappa shape index (κ2) is 6.60. The van der Waals surface area contributed by atoms with Crippen LogP contribution in [0.5, 0.6) is 0 Å². The third kappa shape index (κ3) is 4.01. The maximum Gasteiger partial charge on any atom is 0.242 e. The first-order valence-corrected chi connectivity index (χ1v) is 7.58. The van der Waals surface area contributed by atoms with Crippen molar-refractivity contribution >= 4 is 26.0 Å². The summed E-state index contributed by atoms with van der Waals surface area (Å²) in [5, 5.41) is 0. The monoisotopic (exact) mass is 339 g/mol. The highest BCUT2D eigenvalue weighted by molar-refractivity contribution is 9.09. The summed E-state index contributed by atoms with van der Waals surface area (Å²) in [6.45, 7) is 0.677. The molecule has 1 aromatic carbocycles. The molecule has 0 fully saturated rings. The highest BCUT2D eigenvalue weighted by Crippen LogP contribution is 2.16. The van der Waals surface area contributed by atoms with Crippen molar-refractivity contribution in [3.05, 3.63) is 30.1 Å². The van der Waals surface area contributed by atoms with Crippen molar-refractivity contribution in [2.45, 2.75) is 9.72 Å². The average Bonchev–Trinajstić information content (AvgIpc) is 2.29. The van der Waals surface area contributed by atoms with E-state index in [9.17, 15) is 12.8 Å². The lowest BCUT2D eigenvalue weighted by Crippen LogP contribution is -2.33. The molecule has 0 N–H and O–H groups in total. The zero-order chi connectivity index (χ0) is 13.8. The second-order valence-corrected chi connectivity index (χ2v) is 7.13. The van der Waals surface area contributed by atoms with Crippen LogP contribution < -0.4 is 0 Å². The number of nitrogens with zero attached hydrogens (tertiary/aromatic N) is 1. The summed E-state index contributed by atoms with van der Waals surface area (Å²) in [5.41, 5.74) is 0. The highest BCUT2D eigenvalue weighted by Gasteiger charge is 2.22. The average molecular weight is 340 g/mol. The van der Waals surface area contributed by atoms with Gasteiger partial charge in [-0.3, -0.25) is 0 Å². The summed E-state index contributed by atoms with van der Waals surface area (Å²) in [5.74, 6) is -0.464. The maximum atomic E-state index is 12.8. The predicted molar refractivity (Wildman–Crippen MR) is 70.8 cm³/mol. The van der Waals surface area contributed by atoms with Gasteiger partial charge in [0.15, 0.2) is 0 Å². The number of sulfonamides is 1. The van der Waals surface area contributed by atoms with E-state index in [0.29, 0.717) is 6.61 Å². The number of halogens is 2. The summed E-state index contributed by atoms with van der Waals surface area (Å²) in [6.07, 6.45) is 0. The number of benzene rings is 1. The van der Waals surface area contributed by atoms with Crippen molar-refractivity contribution in [3.63, 3.8) is 0 Å². The van der Waals surface area contributed by atoms with Gasteiger partial charge in [-0.15, -0.1) is 0 Å². The molecule has 1 atom stereocenters. The first-order chi connectivity index (χ1) is 8.37. The Hall–Kier alpha value is -0.500. The van der Waals surface area contributed by atoms with E-state index >= 15 is 0 Å². The highest BCUT2D eigenvalue weighted by atomic mass is 79.9. The third-order valence-electron chi connectivity index (χ3n) is 2.32. The Morgan fingerprint density at radius 3 is 2.44 bits per heavy atom. The van der Waals surface area contributed by atoms with Crippen molar-refractivity contribution in [2.75, 3.05) is 27.3 Å². The van der Waals surface area contributed by atoms with Crippen LogP contribution >= 0.6 is 15.9 Å². The number of ether oxygens (including phenoxy) is 1. The Morgan fingerprint density at radius 1 is 1.39 bits per heavy atom. The molecule has 0 spiro atoms. The molecule has 4 nitrogen and oxygen atoms in total. The Morgan fingerprint density at radius 2 is 1.94 bits per heavy atom. The zero-order valence-electron chi connectivity index (χ0n) is 10.1. The van der Waals surface area contributed by atoms with Crippen LogP contribution in [0.2, 0.25) is 0 Å². The van der Waals surface area contributed by atoms with Crippen molar-refractivity contribution in [3.8, 4) is 0 Å². The molecule has 1 unspecified atom stereocenters. The quantitative estimate of drug-likeness (QED) is 0.743. The molecular weight excluding hydrogens is 325 g/mol. The van der Waals surface area contributed by atoms with E-state index in [1.54, 1.807) is 7.11 Å². The van der Waals surface area contributed by atoms with Gasteiger partial charge in [0.05, 0.1) is 16.3 Å². The first-order valence-electron chi connectivity index (χ1n) is 5.23. The van der Waals surface area contributed by atoms with Crippen molar-refractivity contribution in [2.24, 2.45) is 0 Å². The Kier molecular flexibility index (Phi) is 5.71. The Balaban J connectivity index is 2.83. The Bertz CT molecular complexity index is 478. The molecule has 102 valence electrons. The van der Waals surface area contributed by atoms with E-state index < -0.39 is 15.8 Å². The van der Waals surface area contributed by atoms with Gasteiger partial charge < -0.3 is 4.74 Å². The normalized spacial score (nSPS) is 13.8. The van der Waals surface area contributed by atoms with Crippen LogP contribution in [-0.4, -0.2) is 44.9 Å². The minimum absolute atomic E-state index is 0.0727. The summed E-state index contributed by atoms with van der Waals surface area (Å²) < 4.78 is 43.1. The van der Waals surface area contributed by atoms with Gasteiger partial charge in [-0.25, -0.2) is 12.8 Å². The van der Waals surface area contributed by atoms with Crippen molar-refractivity contribution < 1.29 is 17.5 Å². The SMILES string of the molecule is COCC(Br)CN(C)S(=O)(=O)c1ccc(F)cc1. The van der Waals surface area contributed by atoms with Gasteiger partial charge in [0.1, 0.15) is 5.82 Å². The predicted octanol–water partition coefficient (Wildman–Crippen LogP) is 1.86. The molecule has 7 heteroatoms. The fourth-order valence-electron chi connectivity index (χ4n) is 1.40. The fourth-order valence-corrected chi connectivity index (χ4v) is 3.50. The molecule has 0 heterocycles. The van der Waals surface area contributed by atoms with E-state index in [4.69, 9.17) is 4.74 Å². The number of alkyl halides is 1. The van der Waals surface area contributed by atoms with Gasteiger partial charge in [0, 0.05) is 20.7 Å². The number of hydrogen-bond donors (Lipinski definition) is 0. The van der Waals surface area contributed by atoms with Crippen LogP contribution in [0.4, 0.5) is 4.39 Å². The van der Waals surface area contributed by atoms with Gasteiger partial charge >= 0.3 is 0 Å². The largest absolute Gasteiger partial charge is 0.383 e. The fraction of sp³-hybridized carbons (Fsp3) is 0.455. The van der Waals surface area contributed by atoms with Gasteiger partial charge in [-0.1, -0.05) is 15.9 Å². The third-order valence-corrected chi connectivity index (χ3v) is 4.72. The minimum Gasteiger partial charge on any atom is -0.383 e.